The Labute approximate surface area is 120 Å². The number of nitrogens with zero attached hydrogens (tertiary/aromatic N) is 1. The van der Waals surface area contributed by atoms with Crippen LogP contribution in [0.4, 0.5) is 0 Å². The zero-order chi connectivity index (χ0) is 13.8. The molecule has 0 saturated heterocycles. The van der Waals surface area contributed by atoms with Gasteiger partial charge in [0.05, 0.1) is 6.04 Å². The van der Waals surface area contributed by atoms with Crippen LogP contribution in [-0.4, -0.2) is 4.98 Å². The second-order valence-electron chi connectivity index (χ2n) is 5.54. The molecule has 1 aliphatic rings. The molecule has 1 aliphatic carbocycles. The van der Waals surface area contributed by atoms with Crippen LogP contribution >= 0.6 is 0 Å². The Morgan fingerprint density at radius 2 is 2.05 bits per heavy atom. The summed E-state index contributed by atoms with van der Waals surface area (Å²) in [5.74, 6) is 6.53. The molecule has 1 unspecified atom stereocenters. The first-order valence-corrected chi connectivity index (χ1v) is 7.32. The third-order valence-electron chi connectivity index (χ3n) is 4.28. The number of rotatable bonds is 5. The topological polar surface area (TPSA) is 50.9 Å². The van der Waals surface area contributed by atoms with Gasteiger partial charge in [0, 0.05) is 12.4 Å². The van der Waals surface area contributed by atoms with Crippen molar-refractivity contribution in [1.29, 1.82) is 0 Å². The summed E-state index contributed by atoms with van der Waals surface area (Å²) in [7, 11) is 0. The van der Waals surface area contributed by atoms with Crippen molar-refractivity contribution < 1.29 is 0 Å². The van der Waals surface area contributed by atoms with E-state index < -0.39 is 0 Å². The number of pyridine rings is 1. The predicted octanol–water partition coefficient (Wildman–Crippen LogP) is 3.10. The van der Waals surface area contributed by atoms with Crippen LogP contribution in [0.2, 0.25) is 0 Å². The standard InChI is InChI=1S/C17H21N3/c18-20-17(11-13-5-4-10-19-12-13)16-9-2-1-8-15(16)14-6-3-7-14/h1-2,4-5,8-10,12,14,17,20H,3,6-7,11,18H2. The molecule has 0 radical (unpaired) electrons. The Hall–Kier alpha value is -1.71. The van der Waals surface area contributed by atoms with Gasteiger partial charge in [-0.25, -0.2) is 0 Å². The molecule has 3 N–H and O–H groups in total. The summed E-state index contributed by atoms with van der Waals surface area (Å²) in [5, 5.41) is 0. The summed E-state index contributed by atoms with van der Waals surface area (Å²) >= 11 is 0. The van der Waals surface area contributed by atoms with Crippen LogP contribution in [0.25, 0.3) is 0 Å². The Morgan fingerprint density at radius 3 is 2.70 bits per heavy atom. The number of aromatic nitrogens is 1. The fourth-order valence-electron chi connectivity index (χ4n) is 2.93. The van der Waals surface area contributed by atoms with E-state index in [2.05, 4.69) is 40.7 Å². The van der Waals surface area contributed by atoms with Crippen molar-refractivity contribution >= 4 is 0 Å². The van der Waals surface area contributed by atoms with Gasteiger partial charge < -0.3 is 0 Å². The molecule has 1 aromatic heterocycles. The van der Waals surface area contributed by atoms with Crippen LogP contribution in [0.1, 0.15) is 47.9 Å². The Balaban J connectivity index is 1.85. The Morgan fingerprint density at radius 1 is 1.20 bits per heavy atom. The Bertz CT molecular complexity index is 549. The normalized spacial score (nSPS) is 16.6. The number of nitrogens with one attached hydrogen (secondary N) is 1. The van der Waals surface area contributed by atoms with Gasteiger partial charge in [-0.05, 0) is 47.9 Å². The van der Waals surface area contributed by atoms with Crippen LogP contribution in [0.3, 0.4) is 0 Å². The van der Waals surface area contributed by atoms with Crippen molar-refractivity contribution in [3.63, 3.8) is 0 Å². The van der Waals surface area contributed by atoms with Crippen molar-refractivity contribution in [3.8, 4) is 0 Å². The van der Waals surface area contributed by atoms with Gasteiger partial charge in [0.2, 0.25) is 0 Å². The summed E-state index contributed by atoms with van der Waals surface area (Å²) in [6.07, 6.45) is 8.55. The number of hydrazine groups is 1. The molecular weight excluding hydrogens is 246 g/mol. The minimum Gasteiger partial charge on any atom is -0.271 e. The lowest BCUT2D eigenvalue weighted by Crippen LogP contribution is -2.31. The van der Waals surface area contributed by atoms with E-state index in [1.165, 1.54) is 36.0 Å². The first kappa shape index (κ1) is 13.3. The third kappa shape index (κ3) is 2.74. The lowest BCUT2D eigenvalue weighted by atomic mass is 9.77. The molecule has 2 aromatic rings. The van der Waals surface area contributed by atoms with Crippen LogP contribution in [0, 0.1) is 0 Å². The number of benzene rings is 1. The van der Waals surface area contributed by atoms with E-state index in [0.717, 1.165) is 12.3 Å². The smallest absolute Gasteiger partial charge is 0.0503 e. The molecule has 20 heavy (non-hydrogen) atoms. The number of hydrogen-bond donors (Lipinski definition) is 2. The maximum absolute atomic E-state index is 5.81. The molecule has 1 aromatic carbocycles. The molecule has 0 bridgehead atoms. The quantitative estimate of drug-likeness (QED) is 0.646. The SMILES string of the molecule is NNC(Cc1cccnc1)c1ccccc1C1CCC1. The first-order valence-electron chi connectivity index (χ1n) is 7.32. The highest BCUT2D eigenvalue weighted by molar-refractivity contribution is 5.35. The summed E-state index contributed by atoms with van der Waals surface area (Å²) in [6.45, 7) is 0. The predicted molar refractivity (Wildman–Crippen MR) is 81.0 cm³/mol. The molecule has 0 spiro atoms. The molecule has 1 heterocycles. The molecular formula is C17H21N3. The maximum atomic E-state index is 5.81. The van der Waals surface area contributed by atoms with Gasteiger partial charge in [-0.1, -0.05) is 36.8 Å². The van der Waals surface area contributed by atoms with E-state index in [4.69, 9.17) is 5.84 Å². The van der Waals surface area contributed by atoms with E-state index in [1.807, 2.05) is 12.3 Å². The van der Waals surface area contributed by atoms with Crippen LogP contribution in [0.5, 0.6) is 0 Å². The zero-order valence-electron chi connectivity index (χ0n) is 11.6. The van der Waals surface area contributed by atoms with Crippen LogP contribution in [-0.2, 0) is 6.42 Å². The molecule has 1 fully saturated rings. The lowest BCUT2D eigenvalue weighted by Gasteiger charge is -2.30. The van der Waals surface area contributed by atoms with E-state index in [9.17, 15) is 0 Å². The first-order chi connectivity index (χ1) is 9.88. The second kappa shape index (κ2) is 6.16. The van der Waals surface area contributed by atoms with E-state index >= 15 is 0 Å². The molecule has 3 rings (SSSR count). The van der Waals surface area contributed by atoms with Gasteiger partial charge in [-0.3, -0.25) is 16.3 Å². The fraction of sp³-hybridized carbons (Fsp3) is 0.353. The van der Waals surface area contributed by atoms with Gasteiger partial charge in [0.15, 0.2) is 0 Å². The highest BCUT2D eigenvalue weighted by Gasteiger charge is 2.24. The van der Waals surface area contributed by atoms with Gasteiger partial charge in [0.25, 0.3) is 0 Å². The molecule has 3 heteroatoms. The zero-order valence-corrected chi connectivity index (χ0v) is 11.6. The molecule has 1 atom stereocenters. The maximum Gasteiger partial charge on any atom is 0.0503 e. The second-order valence-corrected chi connectivity index (χ2v) is 5.54. The summed E-state index contributed by atoms with van der Waals surface area (Å²) < 4.78 is 0. The molecule has 0 amide bonds. The number of hydrogen-bond acceptors (Lipinski definition) is 3. The Kier molecular flexibility index (Phi) is 4.09. The van der Waals surface area contributed by atoms with Gasteiger partial charge >= 0.3 is 0 Å². The summed E-state index contributed by atoms with van der Waals surface area (Å²) in [5.41, 5.74) is 6.99. The molecule has 3 nitrogen and oxygen atoms in total. The minimum absolute atomic E-state index is 0.149. The molecule has 1 saturated carbocycles. The summed E-state index contributed by atoms with van der Waals surface area (Å²) in [6, 6.07) is 12.9. The fourth-order valence-corrected chi connectivity index (χ4v) is 2.93. The van der Waals surface area contributed by atoms with Crippen LogP contribution < -0.4 is 11.3 Å². The lowest BCUT2D eigenvalue weighted by molar-refractivity contribution is 0.411. The van der Waals surface area contributed by atoms with Crippen LogP contribution in [0.15, 0.2) is 48.8 Å². The van der Waals surface area contributed by atoms with Gasteiger partial charge in [-0.15, -0.1) is 0 Å². The van der Waals surface area contributed by atoms with Crippen molar-refractivity contribution in [3.05, 3.63) is 65.5 Å². The highest BCUT2D eigenvalue weighted by atomic mass is 15.2. The van der Waals surface area contributed by atoms with Crippen molar-refractivity contribution in [2.45, 2.75) is 37.6 Å². The average molecular weight is 267 g/mol. The minimum atomic E-state index is 0.149. The largest absolute Gasteiger partial charge is 0.271 e. The third-order valence-corrected chi connectivity index (χ3v) is 4.28. The number of nitrogens with two attached hydrogens (primary N) is 1. The van der Waals surface area contributed by atoms with Crippen molar-refractivity contribution in [1.82, 2.24) is 10.4 Å². The summed E-state index contributed by atoms with van der Waals surface area (Å²) in [4.78, 5) is 4.18. The molecule has 0 aliphatic heterocycles. The van der Waals surface area contributed by atoms with E-state index in [0.29, 0.717) is 0 Å². The average Bonchev–Trinajstić information content (AvgIpc) is 2.45. The van der Waals surface area contributed by atoms with E-state index in [1.54, 1.807) is 6.20 Å². The highest BCUT2D eigenvalue weighted by Crippen LogP contribution is 2.39. The van der Waals surface area contributed by atoms with Crippen molar-refractivity contribution in [2.75, 3.05) is 0 Å². The van der Waals surface area contributed by atoms with Crippen molar-refractivity contribution in [2.24, 2.45) is 5.84 Å². The monoisotopic (exact) mass is 267 g/mol. The van der Waals surface area contributed by atoms with Gasteiger partial charge in [0.1, 0.15) is 0 Å². The van der Waals surface area contributed by atoms with E-state index in [-0.39, 0.29) is 6.04 Å². The van der Waals surface area contributed by atoms with Gasteiger partial charge in [-0.2, -0.15) is 0 Å². The molecule has 104 valence electrons.